The Balaban J connectivity index is 1.98. The van der Waals surface area contributed by atoms with Crippen molar-refractivity contribution < 1.29 is 4.79 Å². The molecule has 2 aromatic rings. The van der Waals surface area contributed by atoms with E-state index in [-0.39, 0.29) is 11.9 Å². The number of β-lactam (4-membered cyclic amide) rings is 1. The van der Waals surface area contributed by atoms with Crippen LogP contribution in [-0.4, -0.2) is 11.9 Å². The van der Waals surface area contributed by atoms with Crippen molar-refractivity contribution >= 4 is 23.2 Å². The van der Waals surface area contributed by atoms with Crippen molar-refractivity contribution in [1.29, 1.82) is 0 Å². The molecule has 0 aliphatic carbocycles. The lowest BCUT2D eigenvalue weighted by molar-refractivity contribution is -0.126. The predicted octanol–water partition coefficient (Wildman–Crippen LogP) is 2.76. The number of nitrogens with two attached hydrogens (primary N) is 1. The van der Waals surface area contributed by atoms with Gasteiger partial charge in [0.15, 0.2) is 0 Å². The van der Waals surface area contributed by atoms with Crippen LogP contribution in [0.3, 0.4) is 0 Å². The number of para-hydroxylation sites is 1. The lowest BCUT2D eigenvalue weighted by atomic mass is 9.88. The Hall–Kier alpha value is -1.84. The summed E-state index contributed by atoms with van der Waals surface area (Å²) in [4.78, 5) is 13.7. The molecule has 96 valence electrons. The van der Waals surface area contributed by atoms with Crippen LogP contribution < -0.4 is 10.6 Å². The summed E-state index contributed by atoms with van der Waals surface area (Å²) in [6.07, 6.45) is 0. The summed E-state index contributed by atoms with van der Waals surface area (Å²) >= 11 is 6.00. The molecule has 2 unspecified atom stereocenters. The summed E-state index contributed by atoms with van der Waals surface area (Å²) in [5, 5.41) is 0.650. The lowest BCUT2D eigenvalue weighted by Crippen LogP contribution is -2.63. The van der Waals surface area contributed by atoms with Crippen molar-refractivity contribution in [1.82, 2.24) is 0 Å². The molecule has 0 aromatic heterocycles. The average molecular weight is 273 g/mol. The minimum absolute atomic E-state index is 0.0591. The van der Waals surface area contributed by atoms with Gasteiger partial charge in [-0.2, -0.15) is 0 Å². The highest BCUT2D eigenvalue weighted by molar-refractivity contribution is 6.30. The van der Waals surface area contributed by atoms with Crippen LogP contribution in [0.5, 0.6) is 0 Å². The number of halogens is 1. The zero-order valence-electron chi connectivity index (χ0n) is 10.2. The maximum absolute atomic E-state index is 12.0. The van der Waals surface area contributed by atoms with Crippen molar-refractivity contribution in [3.63, 3.8) is 0 Å². The molecule has 0 saturated carbocycles. The maximum atomic E-state index is 12.0. The van der Waals surface area contributed by atoms with Crippen molar-refractivity contribution in [3.05, 3.63) is 65.2 Å². The lowest BCUT2D eigenvalue weighted by Gasteiger charge is -2.45. The number of nitrogens with zero attached hydrogens (tertiary/aromatic N) is 1. The molecule has 4 heteroatoms. The second-order valence-electron chi connectivity index (χ2n) is 4.57. The van der Waals surface area contributed by atoms with E-state index in [1.165, 1.54) is 0 Å². The van der Waals surface area contributed by atoms with E-state index in [0.29, 0.717) is 5.02 Å². The van der Waals surface area contributed by atoms with Crippen LogP contribution in [0.25, 0.3) is 0 Å². The summed E-state index contributed by atoms with van der Waals surface area (Å²) < 4.78 is 0. The maximum Gasteiger partial charge on any atom is 0.247 e. The molecule has 3 nitrogen and oxygen atoms in total. The van der Waals surface area contributed by atoms with Crippen molar-refractivity contribution in [2.24, 2.45) is 5.73 Å². The van der Waals surface area contributed by atoms with Gasteiger partial charge in [-0.3, -0.25) is 4.79 Å². The molecule has 1 aliphatic heterocycles. The van der Waals surface area contributed by atoms with E-state index in [2.05, 4.69) is 0 Å². The first-order valence-electron chi connectivity index (χ1n) is 6.07. The molecule has 1 saturated heterocycles. The van der Waals surface area contributed by atoms with E-state index in [0.717, 1.165) is 11.3 Å². The van der Waals surface area contributed by atoms with Gasteiger partial charge in [-0.1, -0.05) is 41.9 Å². The molecule has 2 N–H and O–H groups in total. The number of hydrogen-bond acceptors (Lipinski definition) is 2. The predicted molar refractivity (Wildman–Crippen MR) is 76.1 cm³/mol. The molecule has 0 bridgehead atoms. The van der Waals surface area contributed by atoms with Crippen LogP contribution in [0.1, 0.15) is 11.6 Å². The van der Waals surface area contributed by atoms with Gasteiger partial charge >= 0.3 is 0 Å². The van der Waals surface area contributed by atoms with Crippen LogP contribution in [-0.2, 0) is 4.79 Å². The van der Waals surface area contributed by atoms with Crippen LogP contribution in [0.4, 0.5) is 5.69 Å². The molecule has 1 fully saturated rings. The molecule has 3 rings (SSSR count). The second-order valence-corrected chi connectivity index (χ2v) is 5.01. The molecule has 1 heterocycles. The Kier molecular flexibility index (Phi) is 3.01. The molecule has 1 aliphatic rings. The van der Waals surface area contributed by atoms with Crippen molar-refractivity contribution in [3.8, 4) is 0 Å². The molecular formula is C15H13ClN2O. The quantitative estimate of drug-likeness (QED) is 0.855. The summed E-state index contributed by atoms with van der Waals surface area (Å²) in [5.74, 6) is -0.0591. The molecular weight excluding hydrogens is 260 g/mol. The first-order chi connectivity index (χ1) is 9.18. The number of anilines is 1. The summed E-state index contributed by atoms with van der Waals surface area (Å²) in [5.41, 5.74) is 7.76. The number of amides is 1. The molecule has 0 spiro atoms. The third-order valence-electron chi connectivity index (χ3n) is 3.37. The Bertz CT molecular complexity index is 615. The summed E-state index contributed by atoms with van der Waals surface area (Å²) in [6.45, 7) is 0. The van der Waals surface area contributed by atoms with Gasteiger partial charge in [0.05, 0.1) is 6.04 Å². The van der Waals surface area contributed by atoms with Gasteiger partial charge in [0.1, 0.15) is 6.04 Å². The first-order valence-corrected chi connectivity index (χ1v) is 6.45. The minimum Gasteiger partial charge on any atom is -0.318 e. The minimum atomic E-state index is -0.501. The summed E-state index contributed by atoms with van der Waals surface area (Å²) in [7, 11) is 0. The van der Waals surface area contributed by atoms with Crippen LogP contribution >= 0.6 is 11.6 Å². The van der Waals surface area contributed by atoms with Crippen LogP contribution in [0.2, 0.25) is 5.02 Å². The van der Waals surface area contributed by atoms with E-state index in [4.69, 9.17) is 17.3 Å². The molecule has 0 radical (unpaired) electrons. The Labute approximate surface area is 116 Å². The normalized spacial score (nSPS) is 22.2. The fourth-order valence-electron chi connectivity index (χ4n) is 2.43. The fraction of sp³-hybridized carbons (Fsp3) is 0.133. The highest BCUT2D eigenvalue weighted by Gasteiger charge is 2.46. The molecule has 2 aromatic carbocycles. The zero-order valence-corrected chi connectivity index (χ0v) is 10.9. The van der Waals surface area contributed by atoms with E-state index in [1.807, 2.05) is 54.6 Å². The second kappa shape index (κ2) is 4.68. The number of carbonyl (C=O) groups is 1. The zero-order chi connectivity index (χ0) is 13.4. The number of carbonyl (C=O) groups excluding carboxylic acids is 1. The van der Waals surface area contributed by atoms with E-state index in [9.17, 15) is 4.79 Å². The van der Waals surface area contributed by atoms with Crippen molar-refractivity contribution in [2.45, 2.75) is 12.1 Å². The highest BCUT2D eigenvalue weighted by Crippen LogP contribution is 2.38. The molecule has 2 atom stereocenters. The van der Waals surface area contributed by atoms with Crippen LogP contribution in [0.15, 0.2) is 54.6 Å². The van der Waals surface area contributed by atoms with E-state index in [1.54, 1.807) is 4.90 Å². The topological polar surface area (TPSA) is 46.3 Å². The van der Waals surface area contributed by atoms with E-state index >= 15 is 0 Å². The Morgan fingerprint density at radius 1 is 1.05 bits per heavy atom. The molecule has 19 heavy (non-hydrogen) atoms. The van der Waals surface area contributed by atoms with Gasteiger partial charge in [-0.25, -0.2) is 0 Å². The summed E-state index contributed by atoms with van der Waals surface area (Å²) in [6, 6.07) is 16.4. The third kappa shape index (κ3) is 2.01. The van der Waals surface area contributed by atoms with Gasteiger partial charge in [0.2, 0.25) is 5.91 Å². The van der Waals surface area contributed by atoms with Crippen LogP contribution in [0, 0.1) is 0 Å². The smallest absolute Gasteiger partial charge is 0.247 e. The fourth-order valence-corrected chi connectivity index (χ4v) is 2.63. The van der Waals surface area contributed by atoms with E-state index < -0.39 is 6.04 Å². The largest absolute Gasteiger partial charge is 0.318 e. The highest BCUT2D eigenvalue weighted by atomic mass is 35.5. The average Bonchev–Trinajstić information content (AvgIpc) is 2.44. The number of benzene rings is 2. The third-order valence-corrected chi connectivity index (χ3v) is 3.60. The van der Waals surface area contributed by atoms with Gasteiger partial charge < -0.3 is 10.6 Å². The van der Waals surface area contributed by atoms with Gasteiger partial charge in [-0.15, -0.1) is 0 Å². The number of hydrogen-bond donors (Lipinski definition) is 1. The van der Waals surface area contributed by atoms with Gasteiger partial charge in [-0.05, 0) is 29.8 Å². The standard InChI is InChI=1S/C15H13ClN2O/c16-11-6-4-5-10(9-11)14-13(17)15(19)18(14)12-7-2-1-3-8-12/h1-9,13-14H,17H2. The number of rotatable bonds is 2. The SMILES string of the molecule is NC1C(=O)N(c2ccccc2)C1c1cccc(Cl)c1. The van der Waals surface area contributed by atoms with Gasteiger partial charge in [0, 0.05) is 10.7 Å². The molecule has 1 amide bonds. The monoisotopic (exact) mass is 272 g/mol. The van der Waals surface area contributed by atoms with Gasteiger partial charge in [0.25, 0.3) is 0 Å². The Morgan fingerprint density at radius 2 is 1.79 bits per heavy atom. The Morgan fingerprint density at radius 3 is 2.47 bits per heavy atom. The first kappa shape index (κ1) is 12.2. The van der Waals surface area contributed by atoms with Crippen molar-refractivity contribution in [2.75, 3.05) is 4.90 Å².